The summed E-state index contributed by atoms with van der Waals surface area (Å²) in [6.45, 7) is 3.98. The molecule has 3 rings (SSSR count). The number of hydrogen-bond donors (Lipinski definition) is 1. The van der Waals surface area contributed by atoms with E-state index in [4.69, 9.17) is 11.6 Å². The van der Waals surface area contributed by atoms with Gasteiger partial charge in [0.1, 0.15) is 6.29 Å². The van der Waals surface area contributed by atoms with Gasteiger partial charge in [-0.3, -0.25) is 4.79 Å². The third-order valence-electron chi connectivity index (χ3n) is 3.46. The van der Waals surface area contributed by atoms with Gasteiger partial charge >= 0.3 is 0 Å². The summed E-state index contributed by atoms with van der Waals surface area (Å²) in [5, 5.41) is 2.87. The Kier molecular flexibility index (Phi) is 2.42. The molecular formula is C15H12ClNO. The molecule has 0 bridgehead atoms. The van der Waals surface area contributed by atoms with Crippen LogP contribution >= 0.6 is 11.6 Å². The number of carbonyl (C=O) groups is 1. The number of fused-ring (bicyclic) bond motifs is 3. The molecule has 0 saturated carbocycles. The highest BCUT2D eigenvalue weighted by atomic mass is 35.5. The summed E-state index contributed by atoms with van der Waals surface area (Å²) in [7, 11) is 0. The molecule has 0 atom stereocenters. The Bertz CT molecular complexity index is 786. The standard InChI is InChI=1S/C15H12ClNO/c1-8-5-10(7-18)9(2)14-12-6-11(16)3-4-13(12)17-15(8)14/h3-7,17H,1-2H3. The lowest BCUT2D eigenvalue weighted by Crippen LogP contribution is -1.89. The molecule has 0 spiro atoms. The van der Waals surface area contributed by atoms with E-state index in [-0.39, 0.29) is 0 Å². The fraction of sp³-hybridized carbons (Fsp3) is 0.133. The zero-order chi connectivity index (χ0) is 12.9. The van der Waals surface area contributed by atoms with Crippen LogP contribution in [-0.2, 0) is 0 Å². The van der Waals surface area contributed by atoms with Crippen molar-refractivity contribution in [2.75, 3.05) is 0 Å². The number of rotatable bonds is 1. The van der Waals surface area contributed by atoms with E-state index in [1.165, 1.54) is 0 Å². The Hall–Kier alpha value is -1.80. The van der Waals surface area contributed by atoms with Gasteiger partial charge in [-0.25, -0.2) is 0 Å². The van der Waals surface area contributed by atoms with Crippen molar-refractivity contribution in [3.05, 3.63) is 46.0 Å². The molecule has 0 unspecified atom stereocenters. The number of aryl methyl sites for hydroxylation is 2. The minimum Gasteiger partial charge on any atom is -0.354 e. The van der Waals surface area contributed by atoms with Crippen LogP contribution in [0.4, 0.5) is 0 Å². The SMILES string of the molecule is Cc1cc(C=O)c(C)c2c1[nH]c1ccc(Cl)cc12. The van der Waals surface area contributed by atoms with Crippen molar-refractivity contribution in [1.29, 1.82) is 0 Å². The lowest BCUT2D eigenvalue weighted by Gasteiger charge is -2.04. The molecule has 3 heteroatoms. The maximum atomic E-state index is 11.1. The van der Waals surface area contributed by atoms with Crippen molar-refractivity contribution >= 4 is 39.7 Å². The number of benzene rings is 2. The fourth-order valence-corrected chi connectivity index (χ4v) is 2.70. The molecule has 0 radical (unpaired) electrons. The summed E-state index contributed by atoms with van der Waals surface area (Å²) in [4.78, 5) is 14.5. The first-order valence-corrected chi connectivity index (χ1v) is 6.16. The maximum Gasteiger partial charge on any atom is 0.150 e. The van der Waals surface area contributed by atoms with Gasteiger partial charge < -0.3 is 4.98 Å². The molecular weight excluding hydrogens is 246 g/mol. The average Bonchev–Trinajstić information content (AvgIpc) is 2.73. The Labute approximate surface area is 110 Å². The van der Waals surface area contributed by atoms with E-state index >= 15 is 0 Å². The summed E-state index contributed by atoms with van der Waals surface area (Å²) in [5.41, 5.74) is 4.93. The molecule has 0 aliphatic carbocycles. The zero-order valence-electron chi connectivity index (χ0n) is 10.2. The molecule has 0 amide bonds. The number of carbonyl (C=O) groups excluding carboxylic acids is 1. The first kappa shape index (κ1) is 11.3. The van der Waals surface area contributed by atoms with Crippen LogP contribution in [0.25, 0.3) is 21.8 Å². The third-order valence-corrected chi connectivity index (χ3v) is 3.70. The van der Waals surface area contributed by atoms with Crippen LogP contribution in [0.1, 0.15) is 21.5 Å². The summed E-state index contributed by atoms with van der Waals surface area (Å²) in [6, 6.07) is 7.69. The number of aldehydes is 1. The largest absolute Gasteiger partial charge is 0.354 e. The van der Waals surface area contributed by atoms with E-state index in [0.29, 0.717) is 5.02 Å². The van der Waals surface area contributed by atoms with Gasteiger partial charge in [0.05, 0.1) is 0 Å². The normalized spacial score (nSPS) is 11.3. The Balaban J connectivity index is 2.60. The lowest BCUT2D eigenvalue weighted by molar-refractivity contribution is 0.112. The Morgan fingerprint density at radius 1 is 1.22 bits per heavy atom. The predicted molar refractivity (Wildman–Crippen MR) is 75.7 cm³/mol. The number of aromatic amines is 1. The number of hydrogen-bond acceptors (Lipinski definition) is 1. The number of nitrogens with one attached hydrogen (secondary N) is 1. The first-order chi connectivity index (χ1) is 8.61. The molecule has 0 fully saturated rings. The van der Waals surface area contributed by atoms with Gasteiger partial charge in [-0.15, -0.1) is 0 Å². The van der Waals surface area contributed by atoms with E-state index in [2.05, 4.69) is 4.98 Å². The molecule has 1 heterocycles. The summed E-state index contributed by atoms with van der Waals surface area (Å²) >= 11 is 6.06. The second-order valence-corrected chi connectivity index (χ2v) is 5.03. The van der Waals surface area contributed by atoms with Crippen LogP contribution in [0.15, 0.2) is 24.3 Å². The quantitative estimate of drug-likeness (QED) is 0.644. The van der Waals surface area contributed by atoms with Gasteiger partial charge in [0.15, 0.2) is 0 Å². The molecule has 1 N–H and O–H groups in total. The maximum absolute atomic E-state index is 11.1. The molecule has 0 aliphatic heterocycles. The first-order valence-electron chi connectivity index (χ1n) is 5.78. The van der Waals surface area contributed by atoms with Crippen molar-refractivity contribution in [2.45, 2.75) is 13.8 Å². The second-order valence-electron chi connectivity index (χ2n) is 4.59. The van der Waals surface area contributed by atoms with Crippen molar-refractivity contribution in [3.8, 4) is 0 Å². The fourth-order valence-electron chi connectivity index (χ4n) is 2.53. The van der Waals surface area contributed by atoms with Crippen LogP contribution in [0, 0.1) is 13.8 Å². The number of aromatic nitrogens is 1. The Morgan fingerprint density at radius 3 is 2.72 bits per heavy atom. The average molecular weight is 258 g/mol. The molecule has 0 aliphatic rings. The second kappa shape index (κ2) is 3.85. The molecule has 0 saturated heterocycles. The predicted octanol–water partition coefficient (Wildman–Crippen LogP) is 4.40. The zero-order valence-corrected chi connectivity index (χ0v) is 10.9. The monoisotopic (exact) mass is 257 g/mol. The van der Waals surface area contributed by atoms with Crippen molar-refractivity contribution in [3.63, 3.8) is 0 Å². The topological polar surface area (TPSA) is 32.9 Å². The molecule has 1 aromatic heterocycles. The van der Waals surface area contributed by atoms with Crippen molar-refractivity contribution in [2.24, 2.45) is 0 Å². The van der Waals surface area contributed by atoms with Crippen LogP contribution in [0.2, 0.25) is 5.02 Å². The van der Waals surface area contributed by atoms with Gasteiger partial charge in [-0.05, 0) is 49.2 Å². The highest BCUT2D eigenvalue weighted by molar-refractivity contribution is 6.32. The van der Waals surface area contributed by atoms with E-state index < -0.39 is 0 Å². The number of halogens is 1. The van der Waals surface area contributed by atoms with Crippen LogP contribution < -0.4 is 0 Å². The van der Waals surface area contributed by atoms with Gasteiger partial charge in [0, 0.05) is 32.4 Å². The van der Waals surface area contributed by atoms with Gasteiger partial charge in [0.25, 0.3) is 0 Å². The van der Waals surface area contributed by atoms with Crippen LogP contribution in [0.5, 0.6) is 0 Å². The van der Waals surface area contributed by atoms with Crippen LogP contribution in [0.3, 0.4) is 0 Å². The molecule has 90 valence electrons. The summed E-state index contributed by atoms with van der Waals surface area (Å²) < 4.78 is 0. The highest BCUT2D eigenvalue weighted by Gasteiger charge is 2.12. The lowest BCUT2D eigenvalue weighted by atomic mass is 9.99. The van der Waals surface area contributed by atoms with Crippen molar-refractivity contribution in [1.82, 2.24) is 4.98 Å². The van der Waals surface area contributed by atoms with E-state index in [1.54, 1.807) is 0 Å². The molecule has 18 heavy (non-hydrogen) atoms. The minimum atomic E-state index is 0.706. The summed E-state index contributed by atoms with van der Waals surface area (Å²) in [5.74, 6) is 0. The van der Waals surface area contributed by atoms with E-state index in [1.807, 2.05) is 38.1 Å². The summed E-state index contributed by atoms with van der Waals surface area (Å²) in [6.07, 6.45) is 0.908. The molecule has 2 aromatic carbocycles. The minimum absolute atomic E-state index is 0.706. The van der Waals surface area contributed by atoms with Crippen LogP contribution in [-0.4, -0.2) is 11.3 Å². The van der Waals surface area contributed by atoms with Gasteiger partial charge in [0.2, 0.25) is 0 Å². The van der Waals surface area contributed by atoms with Crippen molar-refractivity contribution < 1.29 is 4.79 Å². The third kappa shape index (κ3) is 1.46. The van der Waals surface area contributed by atoms with Gasteiger partial charge in [-0.2, -0.15) is 0 Å². The molecule has 2 nitrogen and oxygen atoms in total. The molecule has 3 aromatic rings. The Morgan fingerprint density at radius 2 is 2.00 bits per heavy atom. The smallest absolute Gasteiger partial charge is 0.150 e. The highest BCUT2D eigenvalue weighted by Crippen LogP contribution is 2.33. The van der Waals surface area contributed by atoms with Gasteiger partial charge in [-0.1, -0.05) is 11.6 Å². The van der Waals surface area contributed by atoms with E-state index in [9.17, 15) is 4.79 Å². The number of H-pyrrole nitrogens is 1. The van der Waals surface area contributed by atoms with E-state index in [0.717, 1.165) is 44.8 Å².